The SMILES string of the molecule is Cc1nnc(CN[C@H](C)c2ccc(Cl)cc2)o1. The van der Waals surface area contributed by atoms with Gasteiger partial charge in [0.05, 0.1) is 6.54 Å². The molecule has 2 aromatic rings. The van der Waals surface area contributed by atoms with Gasteiger partial charge < -0.3 is 9.73 Å². The van der Waals surface area contributed by atoms with Crippen molar-refractivity contribution in [1.29, 1.82) is 0 Å². The molecule has 4 nitrogen and oxygen atoms in total. The molecule has 0 saturated carbocycles. The van der Waals surface area contributed by atoms with Crippen LogP contribution in [0.25, 0.3) is 0 Å². The summed E-state index contributed by atoms with van der Waals surface area (Å²) in [6, 6.07) is 7.97. The molecule has 1 atom stereocenters. The molecule has 1 N–H and O–H groups in total. The van der Waals surface area contributed by atoms with Gasteiger partial charge in [-0.3, -0.25) is 0 Å². The van der Waals surface area contributed by atoms with Gasteiger partial charge in [-0.15, -0.1) is 10.2 Å². The Labute approximate surface area is 105 Å². The predicted octanol–water partition coefficient (Wildman–Crippen LogP) is 2.88. The minimum absolute atomic E-state index is 0.208. The Balaban J connectivity index is 1.93. The van der Waals surface area contributed by atoms with Gasteiger partial charge in [0.25, 0.3) is 0 Å². The smallest absolute Gasteiger partial charge is 0.230 e. The first-order chi connectivity index (χ1) is 8.15. The first-order valence-corrected chi connectivity index (χ1v) is 5.81. The summed E-state index contributed by atoms with van der Waals surface area (Å²) < 4.78 is 5.28. The summed E-state index contributed by atoms with van der Waals surface area (Å²) in [4.78, 5) is 0. The zero-order chi connectivity index (χ0) is 12.3. The fraction of sp³-hybridized carbons (Fsp3) is 0.333. The molecule has 0 radical (unpaired) electrons. The third-order valence-corrected chi connectivity index (χ3v) is 2.75. The van der Waals surface area contributed by atoms with Gasteiger partial charge >= 0.3 is 0 Å². The van der Waals surface area contributed by atoms with E-state index in [9.17, 15) is 0 Å². The zero-order valence-corrected chi connectivity index (χ0v) is 10.5. The third-order valence-electron chi connectivity index (χ3n) is 2.50. The molecule has 0 aliphatic heterocycles. The predicted molar refractivity (Wildman–Crippen MR) is 65.7 cm³/mol. The number of benzene rings is 1. The van der Waals surface area contributed by atoms with Crippen LogP contribution in [0.3, 0.4) is 0 Å². The maximum atomic E-state index is 5.84. The van der Waals surface area contributed by atoms with Crippen LogP contribution < -0.4 is 5.32 Å². The molecule has 1 aromatic heterocycles. The van der Waals surface area contributed by atoms with Crippen molar-refractivity contribution in [3.63, 3.8) is 0 Å². The van der Waals surface area contributed by atoms with E-state index in [1.807, 2.05) is 24.3 Å². The van der Waals surface area contributed by atoms with Crippen molar-refractivity contribution in [2.75, 3.05) is 0 Å². The lowest BCUT2D eigenvalue weighted by molar-refractivity contribution is 0.430. The summed E-state index contributed by atoms with van der Waals surface area (Å²) in [5.74, 6) is 1.18. The normalized spacial score (nSPS) is 12.6. The number of hydrogen-bond acceptors (Lipinski definition) is 4. The van der Waals surface area contributed by atoms with Crippen molar-refractivity contribution in [2.24, 2.45) is 0 Å². The monoisotopic (exact) mass is 251 g/mol. The lowest BCUT2D eigenvalue weighted by Crippen LogP contribution is -2.18. The Bertz CT molecular complexity index is 481. The minimum Gasteiger partial charge on any atom is -0.424 e. The molecule has 5 heteroatoms. The molecule has 0 fully saturated rings. The Morgan fingerprint density at radius 2 is 2.00 bits per heavy atom. The zero-order valence-electron chi connectivity index (χ0n) is 9.77. The number of aryl methyl sites for hydroxylation is 1. The number of nitrogens with one attached hydrogen (secondary N) is 1. The van der Waals surface area contributed by atoms with E-state index in [4.69, 9.17) is 16.0 Å². The molecule has 17 heavy (non-hydrogen) atoms. The van der Waals surface area contributed by atoms with Crippen LogP contribution >= 0.6 is 11.6 Å². The molecule has 0 aliphatic carbocycles. The van der Waals surface area contributed by atoms with Crippen molar-refractivity contribution < 1.29 is 4.42 Å². The fourth-order valence-corrected chi connectivity index (χ4v) is 1.64. The summed E-state index contributed by atoms with van der Waals surface area (Å²) in [7, 11) is 0. The number of aromatic nitrogens is 2. The maximum absolute atomic E-state index is 5.84. The quantitative estimate of drug-likeness (QED) is 0.908. The molecule has 0 bridgehead atoms. The molecule has 90 valence electrons. The van der Waals surface area contributed by atoms with Crippen LogP contribution in [0, 0.1) is 6.92 Å². The summed E-state index contributed by atoms with van der Waals surface area (Å²) in [6.07, 6.45) is 0. The Hall–Kier alpha value is -1.39. The first kappa shape index (κ1) is 12.1. The van der Waals surface area contributed by atoms with E-state index in [1.54, 1.807) is 6.92 Å². The van der Waals surface area contributed by atoms with Crippen LogP contribution in [0.5, 0.6) is 0 Å². The molecule has 1 heterocycles. The highest BCUT2D eigenvalue weighted by Gasteiger charge is 2.07. The largest absolute Gasteiger partial charge is 0.424 e. The van der Waals surface area contributed by atoms with E-state index >= 15 is 0 Å². The number of nitrogens with zero attached hydrogens (tertiary/aromatic N) is 2. The topological polar surface area (TPSA) is 51.0 Å². The number of hydrogen-bond donors (Lipinski definition) is 1. The lowest BCUT2D eigenvalue weighted by atomic mass is 10.1. The molecular weight excluding hydrogens is 238 g/mol. The van der Waals surface area contributed by atoms with Crippen molar-refractivity contribution in [3.05, 3.63) is 46.6 Å². The van der Waals surface area contributed by atoms with E-state index in [-0.39, 0.29) is 6.04 Å². The Morgan fingerprint density at radius 3 is 2.59 bits per heavy atom. The van der Waals surface area contributed by atoms with Gasteiger partial charge in [0.15, 0.2) is 0 Å². The number of rotatable bonds is 4. The molecule has 0 spiro atoms. The standard InChI is InChI=1S/C12H14ClN3O/c1-8(10-3-5-11(13)6-4-10)14-7-12-16-15-9(2)17-12/h3-6,8,14H,7H2,1-2H3/t8-/m1/s1. The summed E-state index contributed by atoms with van der Waals surface area (Å²) in [6.45, 7) is 4.41. The van der Waals surface area contributed by atoms with E-state index in [2.05, 4.69) is 22.4 Å². The third kappa shape index (κ3) is 3.28. The summed E-state index contributed by atoms with van der Waals surface area (Å²) in [5, 5.41) is 11.8. The van der Waals surface area contributed by atoms with Gasteiger partial charge in [0.1, 0.15) is 0 Å². The molecule has 0 unspecified atom stereocenters. The average molecular weight is 252 g/mol. The first-order valence-electron chi connectivity index (χ1n) is 5.43. The van der Waals surface area contributed by atoms with E-state index in [0.717, 1.165) is 5.02 Å². The molecule has 0 amide bonds. The minimum atomic E-state index is 0.208. The van der Waals surface area contributed by atoms with E-state index in [1.165, 1.54) is 5.56 Å². The van der Waals surface area contributed by atoms with Crippen LogP contribution in [0.4, 0.5) is 0 Å². The van der Waals surface area contributed by atoms with Gasteiger partial charge in [-0.2, -0.15) is 0 Å². The fourth-order valence-electron chi connectivity index (χ4n) is 1.52. The molecule has 1 aromatic carbocycles. The molecule has 0 saturated heterocycles. The highest BCUT2D eigenvalue weighted by Crippen LogP contribution is 2.16. The van der Waals surface area contributed by atoms with Gasteiger partial charge in [-0.25, -0.2) is 0 Å². The van der Waals surface area contributed by atoms with Crippen LogP contribution in [-0.2, 0) is 6.54 Å². The van der Waals surface area contributed by atoms with Crippen molar-refractivity contribution >= 4 is 11.6 Å². The average Bonchev–Trinajstić information content (AvgIpc) is 2.73. The van der Waals surface area contributed by atoms with Crippen molar-refractivity contribution in [2.45, 2.75) is 26.4 Å². The Kier molecular flexibility index (Phi) is 3.76. The maximum Gasteiger partial charge on any atom is 0.230 e. The van der Waals surface area contributed by atoms with Crippen molar-refractivity contribution in [1.82, 2.24) is 15.5 Å². The van der Waals surface area contributed by atoms with E-state index in [0.29, 0.717) is 18.3 Å². The summed E-state index contributed by atoms with van der Waals surface area (Å²) >= 11 is 5.84. The second-order valence-electron chi connectivity index (χ2n) is 3.87. The van der Waals surface area contributed by atoms with Crippen LogP contribution in [0.1, 0.15) is 30.3 Å². The van der Waals surface area contributed by atoms with Gasteiger partial charge in [-0.1, -0.05) is 23.7 Å². The van der Waals surface area contributed by atoms with Gasteiger partial charge in [-0.05, 0) is 24.6 Å². The molecular formula is C12H14ClN3O. The van der Waals surface area contributed by atoms with E-state index < -0.39 is 0 Å². The highest BCUT2D eigenvalue weighted by molar-refractivity contribution is 6.30. The summed E-state index contributed by atoms with van der Waals surface area (Å²) in [5.41, 5.74) is 1.17. The van der Waals surface area contributed by atoms with Crippen LogP contribution in [0.15, 0.2) is 28.7 Å². The van der Waals surface area contributed by atoms with Gasteiger partial charge in [0.2, 0.25) is 11.8 Å². The van der Waals surface area contributed by atoms with Gasteiger partial charge in [0, 0.05) is 18.0 Å². The Morgan fingerprint density at radius 1 is 1.29 bits per heavy atom. The molecule has 2 rings (SSSR count). The number of halogens is 1. The second-order valence-corrected chi connectivity index (χ2v) is 4.31. The lowest BCUT2D eigenvalue weighted by Gasteiger charge is -2.12. The molecule has 0 aliphatic rings. The van der Waals surface area contributed by atoms with Crippen LogP contribution in [0.2, 0.25) is 5.02 Å². The second kappa shape index (κ2) is 5.29. The van der Waals surface area contributed by atoms with Crippen LogP contribution in [-0.4, -0.2) is 10.2 Å². The highest BCUT2D eigenvalue weighted by atomic mass is 35.5. The van der Waals surface area contributed by atoms with Crippen molar-refractivity contribution in [3.8, 4) is 0 Å².